The molecule has 0 fully saturated rings. The van der Waals surface area contributed by atoms with Gasteiger partial charge in [0.15, 0.2) is 11.5 Å². The van der Waals surface area contributed by atoms with Crippen molar-refractivity contribution in [2.45, 2.75) is 5.88 Å². The standard InChI is InChI=1S/C24H17ClFN5/c25-13-15-3-9-19(10-4-15)31-21-12-17(16-5-7-18(26)8-6-16)14-29-23(21)30-24(31)20-2-1-11-28-22(20)27/h1-12,14H,13H2,(H2,27,28). The molecule has 0 saturated heterocycles. The van der Waals surface area contributed by atoms with Crippen molar-refractivity contribution < 1.29 is 4.39 Å². The molecule has 0 saturated carbocycles. The van der Waals surface area contributed by atoms with Crippen LogP contribution in [-0.2, 0) is 5.88 Å². The first-order chi connectivity index (χ1) is 15.1. The van der Waals surface area contributed by atoms with Crippen LogP contribution in [0.1, 0.15) is 5.56 Å². The molecule has 0 aliphatic carbocycles. The highest BCUT2D eigenvalue weighted by Crippen LogP contribution is 2.32. The topological polar surface area (TPSA) is 69.6 Å². The van der Waals surface area contributed by atoms with E-state index < -0.39 is 0 Å². The second-order valence-electron chi connectivity index (χ2n) is 7.08. The number of hydrogen-bond acceptors (Lipinski definition) is 4. The quantitative estimate of drug-likeness (QED) is 0.377. The van der Waals surface area contributed by atoms with E-state index in [-0.39, 0.29) is 5.82 Å². The normalized spacial score (nSPS) is 11.2. The lowest BCUT2D eigenvalue weighted by Crippen LogP contribution is -2.01. The van der Waals surface area contributed by atoms with Crippen LogP contribution in [0.15, 0.2) is 79.1 Å². The van der Waals surface area contributed by atoms with Gasteiger partial charge in [-0.15, -0.1) is 11.6 Å². The van der Waals surface area contributed by atoms with Crippen LogP contribution in [0.5, 0.6) is 0 Å². The van der Waals surface area contributed by atoms with Crippen LogP contribution in [0.3, 0.4) is 0 Å². The summed E-state index contributed by atoms with van der Waals surface area (Å²) in [5, 5.41) is 0. The third kappa shape index (κ3) is 3.51. The van der Waals surface area contributed by atoms with Crippen molar-refractivity contribution in [2.24, 2.45) is 0 Å². The van der Waals surface area contributed by atoms with Crippen molar-refractivity contribution in [1.82, 2.24) is 19.5 Å². The zero-order chi connectivity index (χ0) is 21.4. The van der Waals surface area contributed by atoms with Crippen LogP contribution in [0.4, 0.5) is 10.2 Å². The summed E-state index contributed by atoms with van der Waals surface area (Å²) in [5.41, 5.74) is 11.9. The lowest BCUT2D eigenvalue weighted by atomic mass is 10.1. The Morgan fingerprint density at radius 1 is 0.935 bits per heavy atom. The number of alkyl halides is 1. The number of nitrogen functional groups attached to an aromatic ring is 1. The summed E-state index contributed by atoms with van der Waals surface area (Å²) < 4.78 is 15.4. The van der Waals surface area contributed by atoms with Gasteiger partial charge < -0.3 is 5.73 Å². The molecule has 31 heavy (non-hydrogen) atoms. The Morgan fingerprint density at radius 2 is 1.71 bits per heavy atom. The van der Waals surface area contributed by atoms with Crippen LogP contribution in [0, 0.1) is 5.82 Å². The van der Waals surface area contributed by atoms with Crippen molar-refractivity contribution in [2.75, 3.05) is 5.73 Å². The SMILES string of the molecule is Nc1ncccc1-c1nc2ncc(-c3ccc(F)cc3)cc2n1-c1ccc(CCl)cc1. The van der Waals surface area contributed by atoms with Gasteiger partial charge in [-0.05, 0) is 53.6 Å². The molecule has 0 aliphatic rings. The molecule has 5 aromatic rings. The molecular weight excluding hydrogens is 413 g/mol. The van der Waals surface area contributed by atoms with Gasteiger partial charge in [-0.3, -0.25) is 4.57 Å². The molecule has 3 aromatic heterocycles. The van der Waals surface area contributed by atoms with Crippen molar-refractivity contribution in [3.63, 3.8) is 0 Å². The van der Waals surface area contributed by atoms with Crippen LogP contribution in [-0.4, -0.2) is 19.5 Å². The second kappa shape index (κ2) is 7.81. The van der Waals surface area contributed by atoms with Crippen LogP contribution < -0.4 is 5.73 Å². The van der Waals surface area contributed by atoms with Gasteiger partial charge in [-0.2, -0.15) is 0 Å². The van der Waals surface area contributed by atoms with Crippen LogP contribution in [0.2, 0.25) is 0 Å². The summed E-state index contributed by atoms with van der Waals surface area (Å²) in [6.07, 6.45) is 3.38. The van der Waals surface area contributed by atoms with Gasteiger partial charge in [-0.25, -0.2) is 19.3 Å². The van der Waals surface area contributed by atoms with Gasteiger partial charge in [0, 0.05) is 29.5 Å². The van der Waals surface area contributed by atoms with Crippen molar-refractivity contribution in [1.29, 1.82) is 0 Å². The van der Waals surface area contributed by atoms with E-state index in [0.717, 1.165) is 27.9 Å². The first-order valence-electron chi connectivity index (χ1n) is 9.64. The van der Waals surface area contributed by atoms with Gasteiger partial charge in [0.1, 0.15) is 11.6 Å². The molecule has 0 aliphatic heterocycles. The number of nitrogens with zero attached hydrogens (tertiary/aromatic N) is 4. The Bertz CT molecular complexity index is 1380. The lowest BCUT2D eigenvalue weighted by Gasteiger charge is -2.11. The van der Waals surface area contributed by atoms with Crippen LogP contribution in [0.25, 0.3) is 39.4 Å². The molecule has 0 bridgehead atoms. The summed E-state index contributed by atoms with van der Waals surface area (Å²) in [6.45, 7) is 0. The van der Waals surface area contributed by atoms with E-state index in [1.165, 1.54) is 12.1 Å². The molecule has 0 spiro atoms. The summed E-state index contributed by atoms with van der Waals surface area (Å²) in [6, 6.07) is 19.9. The highest BCUT2D eigenvalue weighted by Gasteiger charge is 2.18. The van der Waals surface area contributed by atoms with E-state index in [4.69, 9.17) is 22.3 Å². The third-order valence-corrected chi connectivity index (χ3v) is 5.43. The smallest absolute Gasteiger partial charge is 0.178 e. The number of rotatable bonds is 4. The molecular formula is C24H17ClFN5. The number of imidazole rings is 1. The second-order valence-corrected chi connectivity index (χ2v) is 7.35. The number of halogens is 2. The number of pyridine rings is 2. The minimum atomic E-state index is -0.281. The monoisotopic (exact) mass is 429 g/mol. The molecule has 2 aromatic carbocycles. The van der Waals surface area contributed by atoms with Crippen molar-refractivity contribution in [3.05, 3.63) is 90.5 Å². The van der Waals surface area contributed by atoms with E-state index >= 15 is 0 Å². The summed E-state index contributed by atoms with van der Waals surface area (Å²) in [5.74, 6) is 1.18. The molecule has 3 heterocycles. The summed E-state index contributed by atoms with van der Waals surface area (Å²) in [7, 11) is 0. The molecule has 2 N–H and O–H groups in total. The molecule has 0 radical (unpaired) electrons. The maximum absolute atomic E-state index is 13.4. The van der Waals surface area contributed by atoms with Gasteiger partial charge in [-0.1, -0.05) is 24.3 Å². The lowest BCUT2D eigenvalue weighted by molar-refractivity contribution is 0.628. The summed E-state index contributed by atoms with van der Waals surface area (Å²) >= 11 is 5.97. The number of anilines is 1. The molecule has 0 atom stereocenters. The maximum Gasteiger partial charge on any atom is 0.178 e. The molecule has 152 valence electrons. The number of aromatic nitrogens is 4. The zero-order valence-corrected chi connectivity index (χ0v) is 17.1. The first kappa shape index (κ1) is 19.2. The highest BCUT2D eigenvalue weighted by atomic mass is 35.5. The molecule has 0 unspecified atom stereocenters. The van der Waals surface area contributed by atoms with Gasteiger partial charge in [0.2, 0.25) is 0 Å². The highest BCUT2D eigenvalue weighted by molar-refractivity contribution is 6.17. The fraction of sp³-hybridized carbons (Fsp3) is 0.0417. The Kier molecular flexibility index (Phi) is 4.84. The van der Waals surface area contributed by atoms with Gasteiger partial charge in [0.05, 0.1) is 11.1 Å². The fourth-order valence-corrected chi connectivity index (χ4v) is 3.72. The average Bonchev–Trinajstić information content (AvgIpc) is 3.18. The maximum atomic E-state index is 13.4. The zero-order valence-electron chi connectivity index (χ0n) is 16.3. The van der Waals surface area contributed by atoms with Gasteiger partial charge in [0.25, 0.3) is 0 Å². The molecule has 0 amide bonds. The minimum absolute atomic E-state index is 0.281. The average molecular weight is 430 g/mol. The predicted molar refractivity (Wildman–Crippen MR) is 121 cm³/mol. The Labute approximate surface area is 183 Å². The largest absolute Gasteiger partial charge is 0.383 e. The Morgan fingerprint density at radius 3 is 2.42 bits per heavy atom. The van der Waals surface area contributed by atoms with E-state index in [1.54, 1.807) is 24.5 Å². The fourth-order valence-electron chi connectivity index (χ4n) is 3.54. The molecule has 5 nitrogen and oxygen atoms in total. The van der Waals surface area contributed by atoms with Crippen LogP contribution >= 0.6 is 11.6 Å². The first-order valence-corrected chi connectivity index (χ1v) is 10.2. The number of fused-ring (bicyclic) bond motifs is 1. The minimum Gasteiger partial charge on any atom is -0.383 e. The van der Waals surface area contributed by atoms with E-state index in [9.17, 15) is 4.39 Å². The summed E-state index contributed by atoms with van der Waals surface area (Å²) in [4.78, 5) is 13.5. The van der Waals surface area contributed by atoms with Gasteiger partial charge >= 0.3 is 0 Å². The Balaban J connectivity index is 1.77. The number of hydrogen-bond donors (Lipinski definition) is 1. The Hall–Kier alpha value is -3.77. The van der Waals surface area contributed by atoms with Crippen molar-refractivity contribution in [3.8, 4) is 28.2 Å². The number of nitrogens with two attached hydrogens (primary N) is 1. The van der Waals surface area contributed by atoms with Crippen molar-refractivity contribution >= 4 is 28.6 Å². The van der Waals surface area contributed by atoms with E-state index in [0.29, 0.717) is 28.7 Å². The third-order valence-electron chi connectivity index (χ3n) is 5.12. The molecule has 5 rings (SSSR count). The number of benzene rings is 2. The van der Waals surface area contributed by atoms with E-state index in [2.05, 4.69) is 9.97 Å². The molecule has 7 heteroatoms. The van der Waals surface area contributed by atoms with E-state index in [1.807, 2.05) is 47.0 Å². The predicted octanol–water partition coefficient (Wildman–Crippen LogP) is 5.61.